The van der Waals surface area contributed by atoms with Crippen LogP contribution in [-0.2, 0) is 0 Å². The molecule has 0 radical (unpaired) electrons. The summed E-state index contributed by atoms with van der Waals surface area (Å²) in [4.78, 5) is 0. The predicted molar refractivity (Wildman–Crippen MR) is 75.2 cm³/mol. The van der Waals surface area contributed by atoms with Crippen molar-refractivity contribution in [2.75, 3.05) is 0 Å². The first-order valence-electron chi connectivity index (χ1n) is 5.70. The van der Waals surface area contributed by atoms with Crippen molar-refractivity contribution in [1.29, 1.82) is 0 Å². The van der Waals surface area contributed by atoms with Gasteiger partial charge in [-0.1, -0.05) is 72.3 Å². The monoisotopic (exact) mass is 242 g/mol. The van der Waals surface area contributed by atoms with E-state index in [1.807, 2.05) is 36.4 Å². The summed E-state index contributed by atoms with van der Waals surface area (Å²) in [5.74, 6) is 0. The number of benzene rings is 2. The first-order chi connectivity index (χ1) is 8.27. The molecule has 0 bridgehead atoms. The van der Waals surface area contributed by atoms with Crippen molar-refractivity contribution in [3.8, 4) is 0 Å². The lowest BCUT2D eigenvalue weighted by Gasteiger charge is -1.99. The van der Waals surface area contributed by atoms with Crippen LogP contribution in [0.25, 0.3) is 6.08 Å². The maximum absolute atomic E-state index is 5.96. The minimum absolute atomic E-state index is 0.0937. The van der Waals surface area contributed by atoms with Crippen molar-refractivity contribution < 1.29 is 0 Å². The zero-order valence-electron chi connectivity index (χ0n) is 9.81. The third kappa shape index (κ3) is 3.21. The first kappa shape index (κ1) is 11.9. The maximum atomic E-state index is 5.96. The second kappa shape index (κ2) is 5.70. The molecular weight excluding hydrogens is 228 g/mol. The van der Waals surface area contributed by atoms with E-state index in [-0.39, 0.29) is 5.38 Å². The van der Waals surface area contributed by atoms with Crippen molar-refractivity contribution >= 4 is 17.7 Å². The van der Waals surface area contributed by atoms with Gasteiger partial charge in [-0.25, -0.2) is 0 Å². The van der Waals surface area contributed by atoms with E-state index in [4.69, 9.17) is 11.6 Å². The van der Waals surface area contributed by atoms with Crippen LogP contribution >= 0.6 is 11.6 Å². The molecule has 1 aliphatic carbocycles. The maximum Gasteiger partial charge on any atom is 0.0775 e. The van der Waals surface area contributed by atoms with Gasteiger partial charge in [-0.15, -0.1) is 11.6 Å². The van der Waals surface area contributed by atoms with E-state index in [1.54, 1.807) is 0 Å². The Labute approximate surface area is 108 Å². The Morgan fingerprint density at radius 2 is 1.53 bits per heavy atom. The minimum atomic E-state index is 0.0937. The molecule has 1 heteroatoms. The third-order valence-corrected chi connectivity index (χ3v) is 3.06. The smallest absolute Gasteiger partial charge is 0.0775 e. The topological polar surface area (TPSA) is 0 Å². The van der Waals surface area contributed by atoms with Gasteiger partial charge in [0.25, 0.3) is 0 Å². The normalized spacial score (nSPS) is 16.0. The van der Waals surface area contributed by atoms with Crippen LogP contribution in [0, 0.1) is 6.92 Å². The Hall–Kier alpha value is -1.53. The van der Waals surface area contributed by atoms with Gasteiger partial charge in [0.15, 0.2) is 0 Å². The van der Waals surface area contributed by atoms with Gasteiger partial charge in [0.1, 0.15) is 0 Å². The SMILES string of the molecule is Cc1ccccc1.ClC1C=Cc2ccccc21. The van der Waals surface area contributed by atoms with Crippen LogP contribution in [0.2, 0.25) is 0 Å². The molecule has 0 nitrogen and oxygen atoms in total. The molecule has 1 unspecified atom stereocenters. The highest BCUT2D eigenvalue weighted by atomic mass is 35.5. The molecule has 0 heterocycles. The highest BCUT2D eigenvalue weighted by Crippen LogP contribution is 2.32. The summed E-state index contributed by atoms with van der Waals surface area (Å²) < 4.78 is 0. The number of rotatable bonds is 0. The fraction of sp³-hybridized carbons (Fsp3) is 0.125. The summed E-state index contributed by atoms with van der Waals surface area (Å²) >= 11 is 5.96. The average Bonchev–Trinajstić information content (AvgIpc) is 2.74. The van der Waals surface area contributed by atoms with Crippen molar-refractivity contribution in [2.45, 2.75) is 12.3 Å². The van der Waals surface area contributed by atoms with Crippen LogP contribution in [-0.4, -0.2) is 0 Å². The molecule has 1 aliphatic rings. The van der Waals surface area contributed by atoms with E-state index < -0.39 is 0 Å². The molecule has 2 aromatic carbocycles. The summed E-state index contributed by atoms with van der Waals surface area (Å²) in [5, 5.41) is 0.0937. The van der Waals surface area contributed by atoms with Crippen LogP contribution in [0.5, 0.6) is 0 Å². The van der Waals surface area contributed by atoms with Gasteiger partial charge in [-0.2, -0.15) is 0 Å². The third-order valence-electron chi connectivity index (χ3n) is 2.68. The quantitative estimate of drug-likeness (QED) is 0.571. The van der Waals surface area contributed by atoms with Gasteiger partial charge in [0, 0.05) is 0 Å². The van der Waals surface area contributed by atoms with Gasteiger partial charge in [0.05, 0.1) is 5.38 Å². The molecule has 0 N–H and O–H groups in total. The summed E-state index contributed by atoms with van der Waals surface area (Å²) in [6, 6.07) is 18.4. The van der Waals surface area contributed by atoms with Crippen LogP contribution in [0.15, 0.2) is 60.7 Å². The zero-order valence-corrected chi connectivity index (χ0v) is 10.6. The number of hydrogen-bond donors (Lipinski definition) is 0. The van der Waals surface area contributed by atoms with E-state index in [0.717, 1.165) is 0 Å². The van der Waals surface area contributed by atoms with E-state index in [2.05, 4.69) is 37.3 Å². The highest BCUT2D eigenvalue weighted by Gasteiger charge is 2.12. The highest BCUT2D eigenvalue weighted by molar-refractivity contribution is 6.23. The van der Waals surface area contributed by atoms with E-state index in [9.17, 15) is 0 Å². The Morgan fingerprint density at radius 3 is 2.12 bits per heavy atom. The fourth-order valence-electron chi connectivity index (χ4n) is 1.74. The molecule has 0 amide bonds. The fourth-order valence-corrected chi connectivity index (χ4v) is 2.01. The van der Waals surface area contributed by atoms with Crippen molar-refractivity contribution in [1.82, 2.24) is 0 Å². The number of halogens is 1. The molecule has 86 valence electrons. The Morgan fingerprint density at radius 1 is 0.882 bits per heavy atom. The van der Waals surface area contributed by atoms with Gasteiger partial charge in [0.2, 0.25) is 0 Å². The van der Waals surface area contributed by atoms with Crippen molar-refractivity contribution in [3.05, 3.63) is 77.4 Å². The average molecular weight is 243 g/mol. The molecule has 0 saturated carbocycles. The van der Waals surface area contributed by atoms with Crippen LogP contribution in [0.3, 0.4) is 0 Å². The first-order valence-corrected chi connectivity index (χ1v) is 6.14. The molecule has 0 aromatic heterocycles. The van der Waals surface area contributed by atoms with Crippen molar-refractivity contribution in [2.24, 2.45) is 0 Å². The predicted octanol–water partition coefficient (Wildman–Crippen LogP) is 4.99. The van der Waals surface area contributed by atoms with E-state index in [0.29, 0.717) is 0 Å². The summed E-state index contributed by atoms with van der Waals surface area (Å²) in [6.07, 6.45) is 4.07. The second-order valence-electron chi connectivity index (χ2n) is 4.04. The Kier molecular flexibility index (Phi) is 4.00. The Balaban J connectivity index is 0.000000136. The number of fused-ring (bicyclic) bond motifs is 1. The van der Waals surface area contributed by atoms with E-state index >= 15 is 0 Å². The Bertz CT molecular complexity index is 500. The lowest BCUT2D eigenvalue weighted by molar-refractivity contribution is 1.25. The van der Waals surface area contributed by atoms with E-state index in [1.165, 1.54) is 16.7 Å². The number of allylic oxidation sites excluding steroid dienone is 1. The van der Waals surface area contributed by atoms with Crippen molar-refractivity contribution in [3.63, 3.8) is 0 Å². The molecule has 0 aliphatic heterocycles. The standard InChI is InChI=1S/C9H7Cl.C7H8/c10-9-6-5-7-3-1-2-4-8(7)9;1-7-5-3-2-4-6-7/h1-6,9H;2-6H,1H3. The molecule has 1 atom stereocenters. The largest absolute Gasteiger partial charge is 0.113 e. The molecule has 0 spiro atoms. The number of aryl methyl sites for hydroxylation is 1. The molecule has 0 saturated heterocycles. The number of hydrogen-bond acceptors (Lipinski definition) is 0. The van der Waals surface area contributed by atoms with Crippen LogP contribution in [0.4, 0.5) is 0 Å². The van der Waals surface area contributed by atoms with Gasteiger partial charge >= 0.3 is 0 Å². The molecule has 17 heavy (non-hydrogen) atoms. The molecular formula is C16H15Cl. The van der Waals surface area contributed by atoms with Crippen LogP contribution in [0.1, 0.15) is 22.1 Å². The van der Waals surface area contributed by atoms with Gasteiger partial charge in [-0.05, 0) is 18.1 Å². The lowest BCUT2D eigenvalue weighted by atomic mass is 10.1. The summed E-state index contributed by atoms with van der Waals surface area (Å²) in [5.41, 5.74) is 3.80. The summed E-state index contributed by atoms with van der Waals surface area (Å²) in [7, 11) is 0. The van der Waals surface area contributed by atoms with Crippen LogP contribution < -0.4 is 0 Å². The molecule has 3 rings (SSSR count). The zero-order chi connectivity index (χ0) is 12.1. The molecule has 0 fully saturated rings. The number of alkyl halides is 1. The lowest BCUT2D eigenvalue weighted by Crippen LogP contribution is -1.81. The van der Waals surface area contributed by atoms with Gasteiger partial charge in [-0.3, -0.25) is 0 Å². The van der Waals surface area contributed by atoms with Gasteiger partial charge < -0.3 is 0 Å². The summed E-state index contributed by atoms with van der Waals surface area (Å²) in [6.45, 7) is 2.08. The molecule has 2 aromatic rings. The second-order valence-corrected chi connectivity index (χ2v) is 4.51. The minimum Gasteiger partial charge on any atom is -0.113 e.